The number of rotatable bonds is 4. The highest BCUT2D eigenvalue weighted by Crippen LogP contribution is 2.24. The molecule has 2 fully saturated rings. The number of carbonyl (C=O) groups excluding carboxylic acids is 2. The molecule has 23 heavy (non-hydrogen) atoms. The van der Waals surface area contributed by atoms with E-state index in [-0.39, 0.29) is 11.8 Å². The van der Waals surface area contributed by atoms with E-state index in [1.54, 1.807) is 6.20 Å². The Morgan fingerprint density at radius 1 is 1.26 bits per heavy atom. The number of hydrogen-bond donors (Lipinski definition) is 1. The van der Waals surface area contributed by atoms with E-state index in [0.29, 0.717) is 25.3 Å². The molecule has 0 saturated carbocycles. The number of nitrogens with one attached hydrogen (secondary N) is 1. The van der Waals surface area contributed by atoms with E-state index in [9.17, 15) is 9.59 Å². The zero-order chi connectivity index (χ0) is 16.1. The molecular formula is C17H26N4O2. The van der Waals surface area contributed by atoms with Crippen molar-refractivity contribution in [1.29, 1.82) is 0 Å². The highest BCUT2D eigenvalue weighted by Gasteiger charge is 2.26. The molecule has 1 aromatic rings. The van der Waals surface area contributed by atoms with E-state index in [0.717, 1.165) is 57.6 Å². The topological polar surface area (TPSA) is 69.3 Å². The van der Waals surface area contributed by atoms with Gasteiger partial charge in [0, 0.05) is 57.3 Å². The molecule has 1 atom stereocenters. The van der Waals surface area contributed by atoms with E-state index in [4.69, 9.17) is 0 Å². The molecular weight excluding hydrogens is 292 g/mol. The van der Waals surface area contributed by atoms with Gasteiger partial charge in [-0.1, -0.05) is 6.42 Å². The minimum Gasteiger partial charge on any atom is -0.348 e. The number of likely N-dealkylation sites (tertiary alicyclic amines) is 2. The van der Waals surface area contributed by atoms with Crippen LogP contribution in [0.15, 0.2) is 12.4 Å². The SMILES string of the molecule is O=C1CCCCCN1CCC(=O)N1CCC[C@@H](c2ncc[nH]2)C1. The minimum absolute atomic E-state index is 0.165. The third-order valence-corrected chi connectivity index (χ3v) is 4.95. The van der Waals surface area contributed by atoms with Gasteiger partial charge >= 0.3 is 0 Å². The van der Waals surface area contributed by atoms with Crippen LogP contribution < -0.4 is 0 Å². The second-order valence-electron chi connectivity index (χ2n) is 6.59. The summed E-state index contributed by atoms with van der Waals surface area (Å²) in [5.41, 5.74) is 0. The van der Waals surface area contributed by atoms with Crippen molar-refractivity contribution >= 4 is 11.8 Å². The maximum atomic E-state index is 12.5. The molecule has 2 aliphatic rings. The fourth-order valence-corrected chi connectivity index (χ4v) is 3.59. The van der Waals surface area contributed by atoms with Crippen molar-refractivity contribution in [3.8, 4) is 0 Å². The van der Waals surface area contributed by atoms with Crippen molar-refractivity contribution in [2.75, 3.05) is 26.2 Å². The predicted molar refractivity (Wildman–Crippen MR) is 86.8 cm³/mol. The van der Waals surface area contributed by atoms with Crippen molar-refractivity contribution in [3.63, 3.8) is 0 Å². The van der Waals surface area contributed by atoms with Crippen molar-refractivity contribution in [3.05, 3.63) is 18.2 Å². The van der Waals surface area contributed by atoms with Crippen LogP contribution in [0.2, 0.25) is 0 Å². The number of imidazole rings is 1. The third-order valence-electron chi connectivity index (χ3n) is 4.95. The van der Waals surface area contributed by atoms with Gasteiger partial charge in [0.15, 0.2) is 0 Å². The first kappa shape index (κ1) is 16.0. The van der Waals surface area contributed by atoms with E-state index in [1.807, 2.05) is 16.0 Å². The van der Waals surface area contributed by atoms with Crippen LogP contribution >= 0.6 is 0 Å². The summed E-state index contributed by atoms with van der Waals surface area (Å²) in [5.74, 6) is 1.66. The lowest BCUT2D eigenvalue weighted by atomic mass is 9.97. The number of H-pyrrole nitrogens is 1. The molecule has 0 aromatic carbocycles. The Morgan fingerprint density at radius 2 is 2.17 bits per heavy atom. The van der Waals surface area contributed by atoms with Gasteiger partial charge in [-0.2, -0.15) is 0 Å². The lowest BCUT2D eigenvalue weighted by Gasteiger charge is -2.32. The summed E-state index contributed by atoms with van der Waals surface area (Å²) in [5, 5.41) is 0. The van der Waals surface area contributed by atoms with Gasteiger partial charge < -0.3 is 14.8 Å². The van der Waals surface area contributed by atoms with Gasteiger partial charge in [-0.25, -0.2) is 4.98 Å². The molecule has 0 aliphatic carbocycles. The first-order chi connectivity index (χ1) is 11.2. The zero-order valence-corrected chi connectivity index (χ0v) is 13.7. The zero-order valence-electron chi connectivity index (χ0n) is 13.7. The monoisotopic (exact) mass is 318 g/mol. The average molecular weight is 318 g/mol. The number of carbonyl (C=O) groups is 2. The second kappa shape index (κ2) is 7.62. The maximum Gasteiger partial charge on any atom is 0.224 e. The molecule has 2 amide bonds. The van der Waals surface area contributed by atoms with Crippen molar-refractivity contribution in [2.24, 2.45) is 0 Å². The highest BCUT2D eigenvalue weighted by atomic mass is 16.2. The largest absolute Gasteiger partial charge is 0.348 e. The smallest absolute Gasteiger partial charge is 0.224 e. The molecule has 2 aliphatic heterocycles. The fourth-order valence-electron chi connectivity index (χ4n) is 3.59. The molecule has 126 valence electrons. The summed E-state index contributed by atoms with van der Waals surface area (Å²) in [6.07, 6.45) is 9.93. The van der Waals surface area contributed by atoms with Gasteiger partial charge in [0.05, 0.1) is 0 Å². The van der Waals surface area contributed by atoms with E-state index < -0.39 is 0 Å². The average Bonchev–Trinajstić information content (AvgIpc) is 3.04. The Labute approximate surface area is 137 Å². The molecule has 3 heterocycles. The molecule has 0 radical (unpaired) electrons. The van der Waals surface area contributed by atoms with Gasteiger partial charge in [0.1, 0.15) is 5.82 Å². The van der Waals surface area contributed by atoms with Crippen LogP contribution in [-0.4, -0.2) is 57.8 Å². The number of hydrogen-bond acceptors (Lipinski definition) is 3. The van der Waals surface area contributed by atoms with Crippen LogP contribution in [0, 0.1) is 0 Å². The number of aromatic nitrogens is 2. The Balaban J connectivity index is 1.50. The summed E-state index contributed by atoms with van der Waals surface area (Å²) >= 11 is 0. The summed E-state index contributed by atoms with van der Waals surface area (Å²) in [6.45, 7) is 2.94. The lowest BCUT2D eigenvalue weighted by Crippen LogP contribution is -2.41. The second-order valence-corrected chi connectivity index (χ2v) is 6.59. The lowest BCUT2D eigenvalue weighted by molar-refractivity contribution is -0.134. The minimum atomic E-state index is 0.165. The molecule has 2 saturated heterocycles. The van der Waals surface area contributed by atoms with Crippen LogP contribution in [0.25, 0.3) is 0 Å². The Morgan fingerprint density at radius 3 is 3.00 bits per heavy atom. The molecule has 3 rings (SSSR count). The van der Waals surface area contributed by atoms with E-state index >= 15 is 0 Å². The molecule has 1 N–H and O–H groups in total. The van der Waals surface area contributed by atoms with Crippen LogP contribution in [0.4, 0.5) is 0 Å². The number of amides is 2. The van der Waals surface area contributed by atoms with E-state index in [2.05, 4.69) is 9.97 Å². The number of piperidine rings is 1. The molecule has 6 nitrogen and oxygen atoms in total. The molecule has 0 unspecified atom stereocenters. The summed E-state index contributed by atoms with van der Waals surface area (Å²) in [6, 6.07) is 0. The third kappa shape index (κ3) is 4.12. The Bertz CT molecular complexity index is 529. The Hall–Kier alpha value is -1.85. The number of nitrogens with zero attached hydrogens (tertiary/aromatic N) is 3. The standard InChI is InChI=1S/C17H26N4O2/c22-15-6-2-1-3-10-20(15)12-7-16(23)21-11-4-5-14(13-21)17-18-8-9-19-17/h8-9,14H,1-7,10-13H2,(H,18,19)/t14-/m1/s1. The molecule has 0 spiro atoms. The summed E-state index contributed by atoms with van der Waals surface area (Å²) in [7, 11) is 0. The first-order valence-electron chi connectivity index (χ1n) is 8.79. The van der Waals surface area contributed by atoms with Crippen LogP contribution in [0.3, 0.4) is 0 Å². The van der Waals surface area contributed by atoms with Crippen LogP contribution in [-0.2, 0) is 9.59 Å². The Kier molecular flexibility index (Phi) is 5.31. The summed E-state index contributed by atoms with van der Waals surface area (Å²) < 4.78 is 0. The highest BCUT2D eigenvalue weighted by molar-refractivity contribution is 5.79. The fraction of sp³-hybridized carbons (Fsp3) is 0.706. The first-order valence-corrected chi connectivity index (χ1v) is 8.79. The van der Waals surface area contributed by atoms with Crippen LogP contribution in [0.5, 0.6) is 0 Å². The van der Waals surface area contributed by atoms with Gasteiger partial charge in [-0.3, -0.25) is 9.59 Å². The van der Waals surface area contributed by atoms with Crippen LogP contribution in [0.1, 0.15) is 56.7 Å². The van der Waals surface area contributed by atoms with Gasteiger partial charge in [0.25, 0.3) is 0 Å². The van der Waals surface area contributed by atoms with Gasteiger partial charge in [-0.15, -0.1) is 0 Å². The van der Waals surface area contributed by atoms with Gasteiger partial charge in [-0.05, 0) is 25.7 Å². The predicted octanol–water partition coefficient (Wildman–Crippen LogP) is 1.91. The molecule has 6 heteroatoms. The normalized spacial score (nSPS) is 23.0. The number of aromatic amines is 1. The quantitative estimate of drug-likeness (QED) is 0.922. The van der Waals surface area contributed by atoms with Crippen molar-refractivity contribution < 1.29 is 9.59 Å². The van der Waals surface area contributed by atoms with Crippen molar-refractivity contribution in [1.82, 2.24) is 19.8 Å². The maximum absolute atomic E-state index is 12.5. The molecule has 1 aromatic heterocycles. The van der Waals surface area contributed by atoms with Gasteiger partial charge in [0.2, 0.25) is 11.8 Å². The molecule has 0 bridgehead atoms. The van der Waals surface area contributed by atoms with E-state index in [1.165, 1.54) is 0 Å². The summed E-state index contributed by atoms with van der Waals surface area (Å²) in [4.78, 5) is 35.8. The van der Waals surface area contributed by atoms with Crippen molar-refractivity contribution in [2.45, 2.75) is 50.9 Å².